The number of benzene rings is 2. The summed E-state index contributed by atoms with van der Waals surface area (Å²) < 4.78 is 5.98. The quantitative estimate of drug-likeness (QED) is 0.116. The van der Waals surface area contributed by atoms with Gasteiger partial charge in [0.15, 0.2) is 11.6 Å². The van der Waals surface area contributed by atoms with E-state index in [-0.39, 0.29) is 39.9 Å². The van der Waals surface area contributed by atoms with Crippen LogP contribution in [0.3, 0.4) is 0 Å². The minimum atomic E-state index is -0.987. The number of phenols is 2. The van der Waals surface area contributed by atoms with E-state index in [1.54, 1.807) is 6.07 Å². The van der Waals surface area contributed by atoms with Gasteiger partial charge in [-0.3, -0.25) is 14.4 Å². The van der Waals surface area contributed by atoms with Gasteiger partial charge in [0.05, 0.1) is 15.7 Å². The molecule has 41 heavy (non-hydrogen) atoms. The van der Waals surface area contributed by atoms with Crippen LogP contribution in [-0.4, -0.2) is 44.9 Å². The molecule has 0 bridgehead atoms. The molecule has 2 aromatic carbocycles. The number of hydrogen-bond acceptors (Lipinski definition) is 8. The van der Waals surface area contributed by atoms with Gasteiger partial charge in [-0.15, -0.1) is 23.5 Å². The molecule has 1 saturated heterocycles. The Bertz CT molecular complexity index is 1400. The number of Topliss-reactive ketones (excluding diaryl/α,β-unsaturated/α-hetero) is 1. The number of carbonyl (C=O) groups is 3. The number of carbonyl (C=O) groups excluding carboxylic acids is 3. The van der Waals surface area contributed by atoms with Crippen LogP contribution in [0.25, 0.3) is 0 Å². The maximum Gasteiger partial charge on any atom is 0.306 e. The zero-order valence-corrected chi connectivity index (χ0v) is 26.0. The number of esters is 1. The van der Waals surface area contributed by atoms with Crippen LogP contribution in [0, 0.1) is 0 Å². The first-order valence-corrected chi connectivity index (χ1v) is 16.2. The molecule has 1 aliphatic carbocycles. The maximum atomic E-state index is 13.3. The second-order valence-corrected chi connectivity index (χ2v) is 14.1. The number of halogens is 2. The highest BCUT2D eigenvalue weighted by Crippen LogP contribution is 2.50. The van der Waals surface area contributed by atoms with Crippen molar-refractivity contribution in [3.8, 4) is 11.5 Å². The van der Waals surface area contributed by atoms with Crippen molar-refractivity contribution in [3.05, 3.63) is 80.4 Å². The van der Waals surface area contributed by atoms with Gasteiger partial charge in [0, 0.05) is 33.7 Å². The highest BCUT2D eigenvalue weighted by Gasteiger charge is 2.35. The molecule has 10 heteroatoms. The summed E-state index contributed by atoms with van der Waals surface area (Å²) in [4.78, 5) is 38.9. The van der Waals surface area contributed by atoms with Crippen LogP contribution < -0.4 is 0 Å². The lowest BCUT2D eigenvalue weighted by Crippen LogP contribution is -2.29. The number of thioether (sulfide) groups is 2. The average molecular weight is 636 g/mol. The van der Waals surface area contributed by atoms with Gasteiger partial charge in [-0.05, 0) is 74.8 Å². The average Bonchev–Trinajstić information content (AvgIpc) is 2.92. The number of hydrogen-bond donors (Lipinski definition) is 2. The number of aromatic hydroxyl groups is 2. The van der Waals surface area contributed by atoms with E-state index in [0.717, 1.165) is 54.4 Å². The van der Waals surface area contributed by atoms with Crippen LogP contribution in [0.15, 0.2) is 53.6 Å². The topological polar surface area (TPSA) is 101 Å². The summed E-state index contributed by atoms with van der Waals surface area (Å²) in [5, 5.41) is 22.1. The van der Waals surface area contributed by atoms with E-state index in [1.807, 2.05) is 55.6 Å². The highest BCUT2D eigenvalue weighted by atomic mass is 35.5. The van der Waals surface area contributed by atoms with E-state index >= 15 is 0 Å². The largest absolute Gasteiger partial charge is 0.507 e. The summed E-state index contributed by atoms with van der Waals surface area (Å²) in [6.07, 6.45) is 5.85. The summed E-state index contributed by atoms with van der Waals surface area (Å²) in [5.41, 5.74) is 1.51. The molecule has 4 rings (SSSR count). The molecule has 2 N–H and O–H groups in total. The van der Waals surface area contributed by atoms with Crippen LogP contribution in [0.5, 0.6) is 11.5 Å². The summed E-state index contributed by atoms with van der Waals surface area (Å²) in [6.45, 7) is 3.76. The predicted molar refractivity (Wildman–Crippen MR) is 167 cm³/mol. The summed E-state index contributed by atoms with van der Waals surface area (Å²) in [7, 11) is 0. The monoisotopic (exact) mass is 634 g/mol. The molecule has 6 nitrogen and oxygen atoms in total. The van der Waals surface area contributed by atoms with Crippen molar-refractivity contribution >= 4 is 64.3 Å². The lowest BCUT2D eigenvalue weighted by atomic mass is 9.85. The minimum Gasteiger partial charge on any atom is -0.507 e. The molecule has 3 atom stereocenters. The number of unbranched alkanes of at least 4 members (excludes halogenated alkanes) is 1. The Hall–Kier alpha value is -2.39. The normalized spacial score (nSPS) is 19.3. The molecule has 1 aliphatic heterocycles. The molecule has 0 spiro atoms. The second kappa shape index (κ2) is 14.2. The Morgan fingerprint density at radius 1 is 1.10 bits per heavy atom. The molecule has 0 aromatic heterocycles. The predicted octanol–water partition coefficient (Wildman–Crippen LogP) is 8.48. The van der Waals surface area contributed by atoms with Crippen molar-refractivity contribution < 1.29 is 29.3 Å². The standard InChI is InChI=1S/C31H32Cl2O6S2/c1-17(2)7-12-26(21-16-25(36)28-23(34)10-11-24(35)29(28)30(21)38)39-27(37)6-4-3-5-19-13-14-40-31(41-19)20-9-8-18(32)15-22(20)33/h7-11,15-16,19,26,31,34-35H,3-6,12-14H2,1-2H3/t19-,26-,31?/m1/s1. The van der Waals surface area contributed by atoms with Gasteiger partial charge >= 0.3 is 5.97 Å². The minimum absolute atomic E-state index is 0.0164. The molecular weight excluding hydrogens is 603 g/mol. The number of ketones is 2. The Balaban J connectivity index is 1.34. The third kappa shape index (κ3) is 7.92. The van der Waals surface area contributed by atoms with E-state index < -0.39 is 29.4 Å². The van der Waals surface area contributed by atoms with Crippen molar-refractivity contribution in [2.75, 3.05) is 5.75 Å². The fourth-order valence-corrected chi connectivity index (χ4v) is 8.97. The number of allylic oxidation sites excluding steroid dienone is 2. The molecular formula is C31H32Cl2O6S2. The van der Waals surface area contributed by atoms with Gasteiger partial charge in [-0.2, -0.15) is 0 Å². The van der Waals surface area contributed by atoms with Crippen molar-refractivity contribution in [1.29, 1.82) is 0 Å². The molecule has 218 valence electrons. The second-order valence-electron chi connectivity index (χ2n) is 10.3. The summed E-state index contributed by atoms with van der Waals surface area (Å²) in [5.74, 6) is -1.48. The molecule has 0 radical (unpaired) electrons. The third-order valence-corrected chi connectivity index (χ3v) is 10.6. The van der Waals surface area contributed by atoms with Gasteiger partial charge < -0.3 is 14.9 Å². The van der Waals surface area contributed by atoms with Crippen LogP contribution in [0.2, 0.25) is 10.0 Å². The molecule has 1 unspecified atom stereocenters. The SMILES string of the molecule is CC(C)=CC[C@@H](OC(=O)CCCC[C@@H]1CCSC(c2ccc(Cl)cc2Cl)S1)C1=CC(=O)c2c(O)ccc(O)c2C1=O. The number of fused-ring (bicyclic) bond motifs is 1. The Kier molecular flexibility index (Phi) is 10.9. The number of ether oxygens (including phenoxy) is 1. The molecule has 1 heterocycles. The molecule has 2 aromatic rings. The van der Waals surface area contributed by atoms with Crippen molar-refractivity contribution in [3.63, 3.8) is 0 Å². The van der Waals surface area contributed by atoms with Crippen molar-refractivity contribution in [1.82, 2.24) is 0 Å². The van der Waals surface area contributed by atoms with Crippen LogP contribution in [-0.2, 0) is 9.53 Å². The fourth-order valence-electron chi connectivity index (χ4n) is 4.82. The first kappa shape index (κ1) is 31.5. The van der Waals surface area contributed by atoms with E-state index in [0.29, 0.717) is 21.7 Å². The molecule has 0 saturated carbocycles. The molecule has 0 amide bonds. The van der Waals surface area contributed by atoms with Gasteiger partial charge in [-0.25, -0.2) is 0 Å². The van der Waals surface area contributed by atoms with Crippen molar-refractivity contribution in [2.24, 2.45) is 0 Å². The Morgan fingerprint density at radius 2 is 1.83 bits per heavy atom. The van der Waals surface area contributed by atoms with E-state index in [9.17, 15) is 24.6 Å². The van der Waals surface area contributed by atoms with Crippen LogP contribution >= 0.6 is 46.7 Å². The van der Waals surface area contributed by atoms with Gasteiger partial charge in [0.1, 0.15) is 17.6 Å². The van der Waals surface area contributed by atoms with Crippen LogP contribution in [0.4, 0.5) is 0 Å². The van der Waals surface area contributed by atoms with Gasteiger partial charge in [-0.1, -0.05) is 47.3 Å². The van der Waals surface area contributed by atoms with Gasteiger partial charge in [0.25, 0.3) is 0 Å². The maximum absolute atomic E-state index is 13.3. The first-order valence-electron chi connectivity index (χ1n) is 13.5. The lowest BCUT2D eigenvalue weighted by molar-refractivity contribution is -0.147. The molecule has 2 aliphatic rings. The lowest BCUT2D eigenvalue weighted by Gasteiger charge is -2.29. The van der Waals surface area contributed by atoms with E-state index in [2.05, 4.69) is 0 Å². The Labute approximate surface area is 258 Å². The summed E-state index contributed by atoms with van der Waals surface area (Å²) >= 11 is 16.3. The smallest absolute Gasteiger partial charge is 0.306 e. The van der Waals surface area contributed by atoms with Crippen molar-refractivity contribution in [2.45, 2.75) is 68.3 Å². The summed E-state index contributed by atoms with van der Waals surface area (Å²) in [6, 6.07) is 7.95. The number of phenolic OH excluding ortho intramolecular Hbond substituents is 2. The zero-order valence-electron chi connectivity index (χ0n) is 22.8. The fraction of sp³-hybridized carbons (Fsp3) is 0.387. The van der Waals surface area contributed by atoms with Crippen LogP contribution in [0.1, 0.15) is 83.2 Å². The highest BCUT2D eigenvalue weighted by molar-refractivity contribution is 8.17. The van der Waals surface area contributed by atoms with E-state index in [4.69, 9.17) is 27.9 Å². The van der Waals surface area contributed by atoms with E-state index in [1.165, 1.54) is 0 Å². The number of rotatable bonds is 10. The third-order valence-electron chi connectivity index (χ3n) is 6.94. The van der Waals surface area contributed by atoms with Gasteiger partial charge in [0.2, 0.25) is 0 Å². The Morgan fingerprint density at radius 3 is 2.54 bits per heavy atom. The zero-order chi connectivity index (χ0) is 29.7. The first-order chi connectivity index (χ1) is 19.5. The molecule has 1 fully saturated rings.